The normalized spacial score (nSPS) is 13.8. The summed E-state index contributed by atoms with van der Waals surface area (Å²) in [6.07, 6.45) is 3.94. The number of rotatable bonds is 7. The summed E-state index contributed by atoms with van der Waals surface area (Å²) in [5, 5.41) is 18.5. The number of imidazole rings is 1. The van der Waals surface area contributed by atoms with E-state index < -0.39 is 0 Å². The Morgan fingerprint density at radius 2 is 1.96 bits per heavy atom. The Morgan fingerprint density at radius 3 is 2.68 bits per heavy atom. The third kappa shape index (κ3) is 4.05. The Kier molecular flexibility index (Phi) is 6.10. The molecule has 0 spiro atoms. The fraction of sp³-hybridized carbons (Fsp3) is 0.562. The topological polar surface area (TPSA) is 107 Å². The summed E-state index contributed by atoms with van der Waals surface area (Å²) in [5.41, 5.74) is 1.48. The van der Waals surface area contributed by atoms with Crippen LogP contribution < -0.4 is 5.43 Å². The molecule has 9 heteroatoms. The van der Waals surface area contributed by atoms with Crippen LogP contribution in [-0.2, 0) is 17.6 Å². The Bertz CT molecular complexity index is 812. The average Bonchev–Trinajstić information content (AvgIpc) is 3.03. The first kappa shape index (κ1) is 18.4. The van der Waals surface area contributed by atoms with Crippen LogP contribution in [0.15, 0.2) is 9.95 Å². The maximum atomic E-state index is 12.6. The standard InChI is InChI=1S/C16H21N3O4S2/c20-7-5-19(6-8-21)12(22)9-24-16-17-13-14(23)10-3-1-2-4-11(10)25-15(13)18-16/h20-21H,1-9H2,(H,17,18). The smallest absolute Gasteiger partial charge is 0.233 e. The van der Waals surface area contributed by atoms with Gasteiger partial charge in [0.1, 0.15) is 10.3 Å². The summed E-state index contributed by atoms with van der Waals surface area (Å²) in [5.74, 6) is -0.0443. The molecule has 2 aromatic rings. The van der Waals surface area contributed by atoms with Gasteiger partial charge in [0.05, 0.1) is 19.0 Å². The fourth-order valence-corrected chi connectivity index (χ4v) is 4.97. The highest BCUT2D eigenvalue weighted by molar-refractivity contribution is 7.99. The number of amides is 1. The lowest BCUT2D eigenvalue weighted by Crippen LogP contribution is -2.37. The second kappa shape index (κ2) is 8.31. The molecule has 0 atom stereocenters. The van der Waals surface area contributed by atoms with Gasteiger partial charge in [0.25, 0.3) is 0 Å². The number of fused-ring (bicyclic) bond motifs is 2. The maximum Gasteiger partial charge on any atom is 0.233 e. The van der Waals surface area contributed by atoms with E-state index in [0.717, 1.165) is 36.1 Å². The number of carbonyl (C=O) groups is 1. The summed E-state index contributed by atoms with van der Waals surface area (Å²) in [7, 11) is 0. The summed E-state index contributed by atoms with van der Waals surface area (Å²) >= 11 is 2.80. The summed E-state index contributed by atoms with van der Waals surface area (Å²) in [6, 6.07) is 0. The number of thioether (sulfide) groups is 1. The minimum Gasteiger partial charge on any atom is -0.395 e. The molecule has 0 unspecified atom stereocenters. The van der Waals surface area contributed by atoms with Crippen LogP contribution in [0.25, 0.3) is 10.3 Å². The maximum absolute atomic E-state index is 12.6. The molecule has 0 aliphatic heterocycles. The van der Waals surface area contributed by atoms with Crippen LogP contribution in [0.2, 0.25) is 0 Å². The number of aromatic nitrogens is 2. The van der Waals surface area contributed by atoms with Gasteiger partial charge < -0.3 is 20.1 Å². The van der Waals surface area contributed by atoms with Gasteiger partial charge in [-0.3, -0.25) is 9.59 Å². The molecule has 0 radical (unpaired) electrons. The molecule has 0 fully saturated rings. The third-order valence-electron chi connectivity index (χ3n) is 4.21. The van der Waals surface area contributed by atoms with Gasteiger partial charge in [0, 0.05) is 23.5 Å². The van der Waals surface area contributed by atoms with E-state index in [2.05, 4.69) is 9.97 Å². The number of hydrogen-bond acceptors (Lipinski definition) is 7. The molecule has 1 aliphatic carbocycles. The van der Waals surface area contributed by atoms with Crippen molar-refractivity contribution < 1.29 is 15.0 Å². The van der Waals surface area contributed by atoms with Crippen molar-refractivity contribution in [2.75, 3.05) is 32.1 Å². The molecule has 3 rings (SSSR count). The minimum absolute atomic E-state index is 0.0383. The Balaban J connectivity index is 1.75. The lowest BCUT2D eigenvalue weighted by atomic mass is 9.98. The van der Waals surface area contributed by atoms with Crippen molar-refractivity contribution in [3.05, 3.63) is 20.7 Å². The highest BCUT2D eigenvalue weighted by Crippen LogP contribution is 2.28. The van der Waals surface area contributed by atoms with Crippen molar-refractivity contribution in [3.63, 3.8) is 0 Å². The van der Waals surface area contributed by atoms with Crippen LogP contribution >= 0.6 is 23.1 Å². The minimum atomic E-state index is -0.182. The zero-order valence-electron chi connectivity index (χ0n) is 13.8. The predicted octanol–water partition coefficient (Wildman–Crippen LogP) is 0.769. The molecule has 0 aromatic carbocycles. The van der Waals surface area contributed by atoms with Gasteiger partial charge in [-0.15, -0.1) is 11.3 Å². The molecule has 0 bridgehead atoms. The molecule has 3 N–H and O–H groups in total. The van der Waals surface area contributed by atoms with Gasteiger partial charge in [-0.25, -0.2) is 4.98 Å². The van der Waals surface area contributed by atoms with Crippen LogP contribution in [-0.4, -0.2) is 63.0 Å². The first-order valence-electron chi connectivity index (χ1n) is 8.31. The van der Waals surface area contributed by atoms with Crippen LogP contribution in [0.3, 0.4) is 0 Å². The number of aryl methyl sites for hydroxylation is 1. The molecule has 0 saturated carbocycles. The van der Waals surface area contributed by atoms with Crippen molar-refractivity contribution in [1.29, 1.82) is 0 Å². The molecule has 2 heterocycles. The highest BCUT2D eigenvalue weighted by Gasteiger charge is 2.19. The van der Waals surface area contributed by atoms with E-state index in [4.69, 9.17) is 10.2 Å². The predicted molar refractivity (Wildman–Crippen MR) is 98.4 cm³/mol. The zero-order valence-corrected chi connectivity index (χ0v) is 15.4. The lowest BCUT2D eigenvalue weighted by molar-refractivity contribution is -0.129. The Morgan fingerprint density at radius 1 is 1.24 bits per heavy atom. The molecule has 1 aliphatic rings. The summed E-state index contributed by atoms with van der Waals surface area (Å²) in [4.78, 5) is 35.5. The van der Waals surface area contributed by atoms with Gasteiger partial charge in [-0.05, 0) is 25.7 Å². The van der Waals surface area contributed by atoms with Gasteiger partial charge >= 0.3 is 0 Å². The largest absolute Gasteiger partial charge is 0.395 e. The number of carbonyl (C=O) groups excluding carboxylic acids is 1. The van der Waals surface area contributed by atoms with Gasteiger partial charge in [0.15, 0.2) is 5.16 Å². The third-order valence-corrected chi connectivity index (χ3v) is 6.26. The quantitative estimate of drug-likeness (QED) is 0.610. The number of aliphatic hydroxyl groups excluding tert-OH is 2. The second-order valence-electron chi connectivity index (χ2n) is 5.88. The van der Waals surface area contributed by atoms with Crippen LogP contribution in [0.5, 0.6) is 0 Å². The lowest BCUT2D eigenvalue weighted by Gasteiger charge is -2.19. The van der Waals surface area contributed by atoms with E-state index in [1.807, 2.05) is 0 Å². The molecule has 2 aromatic heterocycles. The Hall–Kier alpha value is -1.42. The van der Waals surface area contributed by atoms with Crippen LogP contribution in [0.1, 0.15) is 23.3 Å². The van der Waals surface area contributed by atoms with E-state index in [1.54, 1.807) is 11.3 Å². The first-order valence-corrected chi connectivity index (χ1v) is 10.1. The molecule has 1 amide bonds. The van der Waals surface area contributed by atoms with Crippen molar-refractivity contribution in [3.8, 4) is 0 Å². The van der Waals surface area contributed by atoms with Crippen molar-refractivity contribution >= 4 is 39.4 Å². The van der Waals surface area contributed by atoms with Gasteiger partial charge in [-0.1, -0.05) is 11.8 Å². The van der Waals surface area contributed by atoms with Crippen LogP contribution in [0, 0.1) is 0 Å². The number of aliphatic hydroxyl groups is 2. The van der Waals surface area contributed by atoms with Gasteiger partial charge in [0.2, 0.25) is 11.3 Å². The second-order valence-corrected chi connectivity index (χ2v) is 7.93. The van der Waals surface area contributed by atoms with Crippen molar-refractivity contribution in [2.45, 2.75) is 30.8 Å². The van der Waals surface area contributed by atoms with E-state index in [0.29, 0.717) is 15.5 Å². The zero-order chi connectivity index (χ0) is 17.8. The van der Waals surface area contributed by atoms with Crippen molar-refractivity contribution in [1.82, 2.24) is 14.9 Å². The Labute approximate surface area is 153 Å². The van der Waals surface area contributed by atoms with E-state index in [-0.39, 0.29) is 43.4 Å². The summed E-state index contributed by atoms with van der Waals surface area (Å²) in [6.45, 7) is 0.0980. The van der Waals surface area contributed by atoms with Gasteiger partial charge in [-0.2, -0.15) is 0 Å². The van der Waals surface area contributed by atoms with E-state index >= 15 is 0 Å². The number of aromatic amines is 1. The average molecular weight is 383 g/mol. The van der Waals surface area contributed by atoms with Crippen LogP contribution in [0.4, 0.5) is 0 Å². The fourth-order valence-electron chi connectivity index (χ4n) is 2.95. The highest BCUT2D eigenvalue weighted by atomic mass is 32.2. The molecule has 7 nitrogen and oxygen atoms in total. The molecular weight excluding hydrogens is 362 g/mol. The number of hydrogen-bond donors (Lipinski definition) is 3. The first-order chi connectivity index (χ1) is 12.1. The number of H-pyrrole nitrogens is 1. The van der Waals surface area contributed by atoms with E-state index in [9.17, 15) is 9.59 Å². The monoisotopic (exact) mass is 383 g/mol. The summed E-state index contributed by atoms with van der Waals surface area (Å²) < 4.78 is 0. The molecule has 136 valence electrons. The van der Waals surface area contributed by atoms with E-state index in [1.165, 1.54) is 16.7 Å². The molecule has 25 heavy (non-hydrogen) atoms. The van der Waals surface area contributed by atoms with Crippen molar-refractivity contribution in [2.24, 2.45) is 0 Å². The molecule has 0 saturated heterocycles. The number of nitrogens with one attached hydrogen (secondary N) is 1. The number of nitrogens with zero attached hydrogens (tertiary/aromatic N) is 2. The SMILES string of the molecule is O=C(CSc1nc2sc3c(c(=O)c2[nH]1)CCCC3)N(CCO)CCO. The molecular formula is C16H21N3O4S2.